The molecule has 1 fully saturated rings. The van der Waals surface area contributed by atoms with Crippen LogP contribution in [0.15, 0.2) is 6.07 Å². The molecule has 0 aromatic carbocycles. The molecule has 2 rings (SSSR count). The Morgan fingerprint density at radius 3 is 3.00 bits per heavy atom. The number of aromatic nitrogens is 2. The van der Waals surface area contributed by atoms with Gasteiger partial charge in [-0.3, -0.25) is 0 Å². The standard InChI is InChI=1S/C11H16ClN3O2/c1-8-14-9(12)5-10(15-8)13-6-11(16-2)3-4-17-7-11/h5H,3-4,6-7H2,1-2H3,(H,13,14,15). The summed E-state index contributed by atoms with van der Waals surface area (Å²) in [6.45, 7) is 3.80. The molecule has 1 aromatic heterocycles. The normalized spacial score (nSPS) is 23.9. The minimum atomic E-state index is -0.259. The number of nitrogens with one attached hydrogen (secondary N) is 1. The summed E-state index contributed by atoms with van der Waals surface area (Å²) in [4.78, 5) is 8.27. The van der Waals surface area contributed by atoms with Gasteiger partial charge in [0, 0.05) is 32.7 Å². The predicted molar refractivity (Wildman–Crippen MR) is 65.4 cm³/mol. The maximum absolute atomic E-state index is 5.87. The van der Waals surface area contributed by atoms with Crippen LogP contribution in [0.3, 0.4) is 0 Å². The van der Waals surface area contributed by atoms with E-state index in [1.54, 1.807) is 13.2 Å². The molecule has 1 saturated heterocycles. The third-order valence-corrected chi connectivity index (χ3v) is 3.09. The van der Waals surface area contributed by atoms with Crippen molar-refractivity contribution in [3.05, 3.63) is 17.0 Å². The Labute approximate surface area is 105 Å². The molecule has 1 aromatic rings. The minimum Gasteiger partial charge on any atom is -0.378 e. The molecule has 1 aliphatic rings. The molecule has 94 valence electrons. The van der Waals surface area contributed by atoms with Gasteiger partial charge in [-0.05, 0) is 6.92 Å². The zero-order valence-electron chi connectivity index (χ0n) is 9.99. The Morgan fingerprint density at radius 2 is 2.41 bits per heavy atom. The van der Waals surface area contributed by atoms with Gasteiger partial charge in [0.1, 0.15) is 22.4 Å². The van der Waals surface area contributed by atoms with Crippen LogP contribution in [-0.4, -0.2) is 42.4 Å². The van der Waals surface area contributed by atoms with E-state index in [0.29, 0.717) is 29.9 Å². The number of rotatable bonds is 4. The van der Waals surface area contributed by atoms with Gasteiger partial charge in [-0.15, -0.1) is 0 Å². The van der Waals surface area contributed by atoms with E-state index < -0.39 is 0 Å². The largest absolute Gasteiger partial charge is 0.378 e. The van der Waals surface area contributed by atoms with Gasteiger partial charge in [0.15, 0.2) is 0 Å². The fourth-order valence-electron chi connectivity index (χ4n) is 1.83. The zero-order valence-corrected chi connectivity index (χ0v) is 10.8. The van der Waals surface area contributed by atoms with Crippen molar-refractivity contribution in [3.63, 3.8) is 0 Å². The number of methoxy groups -OCH3 is 1. The summed E-state index contributed by atoms with van der Waals surface area (Å²) < 4.78 is 10.9. The molecule has 2 heterocycles. The molecule has 17 heavy (non-hydrogen) atoms. The molecule has 1 atom stereocenters. The number of anilines is 1. The van der Waals surface area contributed by atoms with Crippen molar-refractivity contribution >= 4 is 17.4 Å². The number of halogens is 1. The fraction of sp³-hybridized carbons (Fsp3) is 0.636. The lowest BCUT2D eigenvalue weighted by Crippen LogP contribution is -2.39. The second-order valence-electron chi connectivity index (χ2n) is 4.17. The highest BCUT2D eigenvalue weighted by atomic mass is 35.5. The Bertz CT molecular complexity index is 374. The topological polar surface area (TPSA) is 56.3 Å². The molecule has 0 aliphatic carbocycles. The number of aryl methyl sites for hydroxylation is 1. The third-order valence-electron chi connectivity index (χ3n) is 2.90. The molecule has 0 spiro atoms. The van der Waals surface area contributed by atoms with E-state index >= 15 is 0 Å². The van der Waals surface area contributed by atoms with Gasteiger partial charge < -0.3 is 14.8 Å². The van der Waals surface area contributed by atoms with Gasteiger partial charge in [-0.1, -0.05) is 11.6 Å². The van der Waals surface area contributed by atoms with Crippen LogP contribution in [0.1, 0.15) is 12.2 Å². The Hall–Kier alpha value is -0.910. The fourth-order valence-corrected chi connectivity index (χ4v) is 2.06. The van der Waals surface area contributed by atoms with Crippen LogP contribution in [0.4, 0.5) is 5.82 Å². The van der Waals surface area contributed by atoms with Crippen LogP contribution < -0.4 is 5.32 Å². The van der Waals surface area contributed by atoms with E-state index in [1.165, 1.54) is 0 Å². The highest BCUT2D eigenvalue weighted by molar-refractivity contribution is 6.29. The van der Waals surface area contributed by atoms with Gasteiger partial charge in [-0.25, -0.2) is 9.97 Å². The zero-order chi connectivity index (χ0) is 12.3. The van der Waals surface area contributed by atoms with Gasteiger partial charge >= 0.3 is 0 Å². The number of hydrogen-bond acceptors (Lipinski definition) is 5. The molecule has 1 unspecified atom stereocenters. The predicted octanol–water partition coefficient (Wildman–Crippen LogP) is 1.66. The highest BCUT2D eigenvalue weighted by Crippen LogP contribution is 2.23. The van der Waals surface area contributed by atoms with Crippen molar-refractivity contribution in [1.29, 1.82) is 0 Å². The average molecular weight is 258 g/mol. The minimum absolute atomic E-state index is 0.259. The maximum atomic E-state index is 5.87. The lowest BCUT2D eigenvalue weighted by Gasteiger charge is -2.26. The number of hydrogen-bond donors (Lipinski definition) is 1. The van der Waals surface area contributed by atoms with Crippen molar-refractivity contribution in [2.75, 3.05) is 32.2 Å². The summed E-state index contributed by atoms with van der Waals surface area (Å²) in [6, 6.07) is 1.70. The molecule has 0 radical (unpaired) electrons. The molecule has 0 bridgehead atoms. The van der Waals surface area contributed by atoms with E-state index in [1.807, 2.05) is 6.92 Å². The molecule has 6 heteroatoms. The first-order chi connectivity index (χ1) is 8.13. The Balaban J connectivity index is 2.01. The second-order valence-corrected chi connectivity index (χ2v) is 4.55. The van der Waals surface area contributed by atoms with E-state index in [9.17, 15) is 0 Å². The summed E-state index contributed by atoms with van der Waals surface area (Å²) in [7, 11) is 1.70. The molecular weight excluding hydrogens is 242 g/mol. The van der Waals surface area contributed by atoms with Crippen molar-refractivity contribution in [2.24, 2.45) is 0 Å². The Morgan fingerprint density at radius 1 is 1.59 bits per heavy atom. The van der Waals surface area contributed by atoms with Gasteiger partial charge in [0.05, 0.1) is 6.61 Å². The monoisotopic (exact) mass is 257 g/mol. The molecule has 0 saturated carbocycles. The van der Waals surface area contributed by atoms with Crippen LogP contribution in [0.5, 0.6) is 0 Å². The first-order valence-electron chi connectivity index (χ1n) is 5.51. The summed E-state index contributed by atoms with van der Waals surface area (Å²) in [6.07, 6.45) is 0.883. The van der Waals surface area contributed by atoms with Crippen LogP contribution in [-0.2, 0) is 9.47 Å². The van der Waals surface area contributed by atoms with Crippen LogP contribution in [0, 0.1) is 6.92 Å². The summed E-state index contributed by atoms with van der Waals surface area (Å²) in [5.41, 5.74) is -0.259. The number of ether oxygens (including phenoxy) is 2. The van der Waals surface area contributed by atoms with E-state index in [-0.39, 0.29) is 5.60 Å². The molecule has 1 aliphatic heterocycles. The maximum Gasteiger partial charge on any atom is 0.134 e. The van der Waals surface area contributed by atoms with Crippen molar-refractivity contribution < 1.29 is 9.47 Å². The van der Waals surface area contributed by atoms with Gasteiger partial charge in [0.25, 0.3) is 0 Å². The Kier molecular flexibility index (Phi) is 3.81. The van der Waals surface area contributed by atoms with Crippen molar-refractivity contribution in [2.45, 2.75) is 18.9 Å². The third kappa shape index (κ3) is 3.06. The quantitative estimate of drug-likeness (QED) is 0.832. The summed E-state index contributed by atoms with van der Waals surface area (Å²) in [5, 5.41) is 3.66. The summed E-state index contributed by atoms with van der Waals surface area (Å²) >= 11 is 5.87. The van der Waals surface area contributed by atoms with E-state index in [2.05, 4.69) is 15.3 Å². The van der Waals surface area contributed by atoms with Crippen molar-refractivity contribution in [1.82, 2.24) is 9.97 Å². The molecular formula is C11H16ClN3O2. The first kappa shape index (κ1) is 12.5. The number of nitrogens with zero attached hydrogens (tertiary/aromatic N) is 2. The highest BCUT2D eigenvalue weighted by Gasteiger charge is 2.34. The van der Waals surface area contributed by atoms with E-state index in [0.717, 1.165) is 13.0 Å². The first-order valence-corrected chi connectivity index (χ1v) is 5.89. The van der Waals surface area contributed by atoms with Crippen molar-refractivity contribution in [3.8, 4) is 0 Å². The summed E-state index contributed by atoms with van der Waals surface area (Å²) in [5.74, 6) is 1.36. The average Bonchev–Trinajstić information content (AvgIpc) is 2.74. The second kappa shape index (κ2) is 5.16. The molecule has 5 nitrogen and oxygen atoms in total. The lowest BCUT2D eigenvalue weighted by molar-refractivity contribution is -0.00625. The SMILES string of the molecule is COC1(CNc2cc(Cl)nc(C)n2)CCOC1. The lowest BCUT2D eigenvalue weighted by atomic mass is 10.0. The molecule has 0 amide bonds. The van der Waals surface area contributed by atoms with E-state index in [4.69, 9.17) is 21.1 Å². The van der Waals surface area contributed by atoms with Gasteiger partial charge in [-0.2, -0.15) is 0 Å². The van der Waals surface area contributed by atoms with Gasteiger partial charge in [0.2, 0.25) is 0 Å². The molecule has 1 N–H and O–H groups in total. The van der Waals surface area contributed by atoms with Crippen LogP contribution >= 0.6 is 11.6 Å². The van der Waals surface area contributed by atoms with Crippen LogP contribution in [0.2, 0.25) is 5.15 Å². The smallest absolute Gasteiger partial charge is 0.134 e. The van der Waals surface area contributed by atoms with Crippen LogP contribution in [0.25, 0.3) is 0 Å².